The van der Waals surface area contributed by atoms with E-state index in [9.17, 15) is 4.79 Å². The lowest BCUT2D eigenvalue weighted by Gasteiger charge is -2.36. The molecule has 2 aliphatic carbocycles. The number of anilines is 1. The van der Waals surface area contributed by atoms with Crippen LogP contribution in [0.5, 0.6) is 0 Å². The highest BCUT2D eigenvalue weighted by atomic mass is 16.5. The van der Waals surface area contributed by atoms with E-state index in [1.54, 1.807) is 6.07 Å². The van der Waals surface area contributed by atoms with Gasteiger partial charge in [-0.15, -0.1) is 0 Å². The van der Waals surface area contributed by atoms with Crippen LogP contribution in [0.15, 0.2) is 29.3 Å². The number of hydrogen-bond donors (Lipinski definition) is 2. The second-order valence-electron chi connectivity index (χ2n) is 10.6. The van der Waals surface area contributed by atoms with Gasteiger partial charge in [-0.05, 0) is 88.8 Å². The number of guanidine groups is 1. The Bertz CT molecular complexity index is 820. The molecule has 0 bridgehead atoms. The Morgan fingerprint density at radius 2 is 1.62 bits per heavy atom. The topological polar surface area (TPSA) is 83.2 Å². The standard InChI is InChI=1S/C27H43N5O2/c1-31-15-17-32(18-16-31)27(30-25-6-4-3-5-24(25)26(33)34-2)29-23-13-9-21(10-14-23)19-20-7-11-22(28)12-8-20/h3-6,20-23H,7-19,28H2,1-2H3,(H,29,30). The molecule has 3 N–H and O–H groups in total. The van der Waals surface area contributed by atoms with Crippen molar-refractivity contribution < 1.29 is 9.53 Å². The third kappa shape index (κ3) is 6.72. The van der Waals surface area contributed by atoms with Crippen molar-refractivity contribution in [1.82, 2.24) is 9.80 Å². The molecule has 2 saturated carbocycles. The second-order valence-corrected chi connectivity index (χ2v) is 10.6. The number of nitrogens with one attached hydrogen (secondary N) is 1. The van der Waals surface area contributed by atoms with Crippen LogP contribution in [0.3, 0.4) is 0 Å². The molecular weight excluding hydrogens is 426 g/mol. The van der Waals surface area contributed by atoms with Gasteiger partial charge in [-0.25, -0.2) is 9.79 Å². The number of aliphatic imine (C=N–C) groups is 1. The molecule has 0 aromatic heterocycles. The zero-order valence-electron chi connectivity index (χ0n) is 21.0. The molecule has 0 unspecified atom stereocenters. The van der Waals surface area contributed by atoms with Gasteiger partial charge in [0.15, 0.2) is 5.96 Å². The normalized spacial score (nSPS) is 29.0. The monoisotopic (exact) mass is 469 g/mol. The van der Waals surface area contributed by atoms with Crippen LogP contribution in [-0.2, 0) is 4.74 Å². The summed E-state index contributed by atoms with van der Waals surface area (Å²) in [6.07, 6.45) is 11.3. The summed E-state index contributed by atoms with van der Waals surface area (Å²) in [6.45, 7) is 3.89. The Hall–Kier alpha value is -2.12. The van der Waals surface area contributed by atoms with E-state index in [0.29, 0.717) is 17.6 Å². The molecule has 1 heterocycles. The van der Waals surface area contributed by atoms with Crippen molar-refractivity contribution in [2.75, 3.05) is 45.7 Å². The first-order valence-corrected chi connectivity index (χ1v) is 13.2. The minimum absolute atomic E-state index is 0.329. The van der Waals surface area contributed by atoms with E-state index in [1.807, 2.05) is 18.2 Å². The van der Waals surface area contributed by atoms with Gasteiger partial charge in [-0.2, -0.15) is 0 Å². The van der Waals surface area contributed by atoms with Crippen molar-refractivity contribution in [2.24, 2.45) is 22.6 Å². The predicted molar refractivity (Wildman–Crippen MR) is 138 cm³/mol. The average Bonchev–Trinajstić information content (AvgIpc) is 2.86. The number of likely N-dealkylation sites (N-methyl/N-ethyl adjacent to an activating group) is 1. The lowest BCUT2D eigenvalue weighted by molar-refractivity contribution is 0.0602. The quantitative estimate of drug-likeness (QED) is 0.386. The average molecular weight is 470 g/mol. The molecule has 1 aliphatic heterocycles. The number of methoxy groups -OCH3 is 1. The highest BCUT2D eigenvalue weighted by Gasteiger charge is 2.27. The van der Waals surface area contributed by atoms with Gasteiger partial charge in [-0.3, -0.25) is 0 Å². The van der Waals surface area contributed by atoms with Crippen molar-refractivity contribution in [3.63, 3.8) is 0 Å². The first kappa shape index (κ1) is 25.0. The number of nitrogens with two attached hydrogens (primary N) is 1. The number of piperazine rings is 1. The second kappa shape index (κ2) is 12.0. The minimum Gasteiger partial charge on any atom is -0.465 e. The molecule has 7 heteroatoms. The molecule has 0 amide bonds. The van der Waals surface area contributed by atoms with Gasteiger partial charge in [0.05, 0.1) is 24.4 Å². The molecule has 188 valence electrons. The molecule has 3 aliphatic rings. The van der Waals surface area contributed by atoms with Gasteiger partial charge in [0.1, 0.15) is 0 Å². The van der Waals surface area contributed by atoms with Crippen molar-refractivity contribution >= 4 is 17.6 Å². The third-order valence-corrected chi connectivity index (χ3v) is 8.06. The number of carbonyl (C=O) groups excluding carboxylic acids is 1. The largest absolute Gasteiger partial charge is 0.465 e. The fraction of sp³-hybridized carbons (Fsp3) is 0.704. The summed E-state index contributed by atoms with van der Waals surface area (Å²) in [5, 5.41) is 3.52. The Balaban J connectivity index is 1.42. The highest BCUT2D eigenvalue weighted by molar-refractivity contribution is 6.02. The first-order chi connectivity index (χ1) is 16.5. The maximum atomic E-state index is 12.3. The van der Waals surface area contributed by atoms with Crippen LogP contribution in [0, 0.1) is 11.8 Å². The molecule has 34 heavy (non-hydrogen) atoms. The number of hydrogen-bond acceptors (Lipinski definition) is 5. The summed E-state index contributed by atoms with van der Waals surface area (Å²) in [5.74, 6) is 2.28. The number of rotatable bonds is 5. The van der Waals surface area contributed by atoms with Gasteiger partial charge in [0.25, 0.3) is 0 Å². The number of esters is 1. The molecular formula is C27H43N5O2. The Morgan fingerprint density at radius 3 is 2.26 bits per heavy atom. The van der Waals surface area contributed by atoms with E-state index in [-0.39, 0.29) is 5.97 Å². The summed E-state index contributed by atoms with van der Waals surface area (Å²) >= 11 is 0. The van der Waals surface area contributed by atoms with Gasteiger partial charge in [0, 0.05) is 32.2 Å². The van der Waals surface area contributed by atoms with E-state index >= 15 is 0 Å². The minimum atomic E-state index is -0.329. The lowest BCUT2D eigenvalue weighted by atomic mass is 9.76. The van der Waals surface area contributed by atoms with E-state index in [4.69, 9.17) is 15.5 Å². The number of benzene rings is 1. The van der Waals surface area contributed by atoms with Crippen molar-refractivity contribution in [3.05, 3.63) is 29.8 Å². The van der Waals surface area contributed by atoms with Crippen molar-refractivity contribution in [1.29, 1.82) is 0 Å². The smallest absolute Gasteiger partial charge is 0.339 e. The number of carbonyl (C=O) groups is 1. The summed E-state index contributed by atoms with van der Waals surface area (Å²) < 4.78 is 5.00. The Kier molecular flexibility index (Phi) is 8.84. The van der Waals surface area contributed by atoms with Gasteiger partial charge < -0.3 is 25.6 Å². The maximum absolute atomic E-state index is 12.3. The summed E-state index contributed by atoms with van der Waals surface area (Å²) in [5.41, 5.74) is 7.40. The van der Waals surface area contributed by atoms with E-state index < -0.39 is 0 Å². The molecule has 0 radical (unpaired) electrons. The van der Waals surface area contributed by atoms with Crippen LogP contribution in [0.25, 0.3) is 0 Å². The van der Waals surface area contributed by atoms with Crippen LogP contribution >= 0.6 is 0 Å². The number of para-hydroxylation sites is 1. The lowest BCUT2D eigenvalue weighted by Crippen LogP contribution is -2.49. The zero-order chi connectivity index (χ0) is 23.9. The maximum Gasteiger partial charge on any atom is 0.339 e. The van der Waals surface area contributed by atoms with Gasteiger partial charge in [-0.1, -0.05) is 12.1 Å². The van der Waals surface area contributed by atoms with Crippen LogP contribution < -0.4 is 11.1 Å². The SMILES string of the molecule is COC(=O)c1ccccc1NC(=NC1CCC(CC2CCC(N)CC2)CC1)N1CCN(C)CC1. The Labute approximate surface area is 205 Å². The van der Waals surface area contributed by atoms with E-state index in [1.165, 1.54) is 52.1 Å². The van der Waals surface area contributed by atoms with Gasteiger partial charge >= 0.3 is 5.97 Å². The molecule has 3 fully saturated rings. The van der Waals surface area contributed by atoms with Crippen LogP contribution in [-0.4, -0.2) is 74.1 Å². The van der Waals surface area contributed by atoms with Crippen LogP contribution in [0.4, 0.5) is 5.69 Å². The summed E-state index contributed by atoms with van der Waals surface area (Å²) in [7, 11) is 3.59. The summed E-state index contributed by atoms with van der Waals surface area (Å²) in [6, 6.07) is 8.32. The van der Waals surface area contributed by atoms with E-state index in [0.717, 1.165) is 62.5 Å². The Morgan fingerprint density at radius 1 is 1.00 bits per heavy atom. The molecule has 0 spiro atoms. The van der Waals surface area contributed by atoms with Crippen LogP contribution in [0.1, 0.15) is 68.1 Å². The molecule has 4 rings (SSSR count). The fourth-order valence-corrected chi connectivity index (χ4v) is 5.79. The molecule has 1 saturated heterocycles. The first-order valence-electron chi connectivity index (χ1n) is 13.2. The molecule has 1 aromatic carbocycles. The third-order valence-electron chi connectivity index (χ3n) is 8.06. The predicted octanol–water partition coefficient (Wildman–Crippen LogP) is 3.95. The van der Waals surface area contributed by atoms with Gasteiger partial charge in [0.2, 0.25) is 0 Å². The fourth-order valence-electron chi connectivity index (χ4n) is 5.79. The highest BCUT2D eigenvalue weighted by Crippen LogP contribution is 2.36. The molecule has 7 nitrogen and oxygen atoms in total. The number of ether oxygens (including phenoxy) is 1. The molecule has 0 atom stereocenters. The molecule has 1 aromatic rings. The van der Waals surface area contributed by atoms with E-state index in [2.05, 4.69) is 22.2 Å². The zero-order valence-corrected chi connectivity index (χ0v) is 21.0. The summed E-state index contributed by atoms with van der Waals surface area (Å²) in [4.78, 5) is 22.2. The van der Waals surface area contributed by atoms with Crippen LogP contribution in [0.2, 0.25) is 0 Å². The number of nitrogens with zero attached hydrogens (tertiary/aromatic N) is 3. The van der Waals surface area contributed by atoms with Crippen molar-refractivity contribution in [3.8, 4) is 0 Å². The van der Waals surface area contributed by atoms with Crippen molar-refractivity contribution in [2.45, 2.75) is 69.9 Å².